The first kappa shape index (κ1) is 17.8. The van der Waals surface area contributed by atoms with E-state index in [1.54, 1.807) is 4.90 Å². The van der Waals surface area contributed by atoms with Crippen molar-refractivity contribution in [2.75, 3.05) is 38.6 Å². The Labute approximate surface area is 152 Å². The monoisotopic (exact) mass is 335 g/mol. The smallest absolute Gasteiger partial charge is 0.0961 e. The van der Waals surface area contributed by atoms with Crippen LogP contribution in [0, 0.1) is 5.92 Å². The Kier molecular flexibility index (Phi) is 6.30. The molecule has 25 heavy (non-hydrogen) atoms. The molecule has 0 aromatic heterocycles. The van der Waals surface area contributed by atoms with E-state index >= 15 is 0 Å². The zero-order valence-electron chi connectivity index (χ0n) is 15.6. The summed E-state index contributed by atoms with van der Waals surface area (Å²) in [6.45, 7) is 3.76. The van der Waals surface area contributed by atoms with Crippen LogP contribution in [-0.4, -0.2) is 33.7 Å². The summed E-state index contributed by atoms with van der Waals surface area (Å²) >= 11 is 0. The lowest BCUT2D eigenvalue weighted by Gasteiger charge is -2.28. The van der Waals surface area contributed by atoms with E-state index in [4.69, 9.17) is 0 Å². The molecule has 2 aromatic rings. The van der Waals surface area contributed by atoms with Gasteiger partial charge in [0.15, 0.2) is 0 Å². The molecule has 0 atom stereocenters. The Balaban J connectivity index is 1.41. The zero-order chi connectivity index (χ0) is 17.5. The minimum absolute atomic E-state index is 0.869. The van der Waals surface area contributed by atoms with Crippen LogP contribution in [0.25, 0.3) is 6.08 Å². The van der Waals surface area contributed by atoms with Gasteiger partial charge in [-0.3, -0.25) is 0 Å². The number of hydrogen-bond donors (Lipinski definition) is 1. The maximum absolute atomic E-state index is 2.34. The molecule has 132 valence electrons. The molecule has 0 saturated carbocycles. The molecule has 1 fully saturated rings. The second-order valence-electron chi connectivity index (χ2n) is 7.48. The Bertz CT molecular complexity index is 650. The number of hydrogen-bond acceptors (Lipinski definition) is 1. The highest BCUT2D eigenvalue weighted by Gasteiger charge is 2.21. The fourth-order valence-electron chi connectivity index (χ4n) is 3.69. The van der Waals surface area contributed by atoms with Crippen LogP contribution in [0.4, 0.5) is 5.69 Å². The summed E-state index contributed by atoms with van der Waals surface area (Å²) < 4.78 is 0. The SMILES string of the molecule is CN(C)c1ccc(/C=C/C[NH+]2CCC(Cc3ccccc3)CC2)cc1. The largest absolute Gasteiger partial charge is 0.378 e. The van der Waals surface area contributed by atoms with Crippen molar-refractivity contribution < 1.29 is 4.90 Å². The number of nitrogens with zero attached hydrogens (tertiary/aromatic N) is 1. The first-order valence-corrected chi connectivity index (χ1v) is 9.52. The molecule has 2 heteroatoms. The fraction of sp³-hybridized carbons (Fsp3) is 0.391. The lowest BCUT2D eigenvalue weighted by molar-refractivity contribution is -0.900. The van der Waals surface area contributed by atoms with Gasteiger partial charge in [-0.25, -0.2) is 0 Å². The van der Waals surface area contributed by atoms with Crippen LogP contribution >= 0.6 is 0 Å². The summed E-state index contributed by atoms with van der Waals surface area (Å²) in [6, 6.07) is 19.7. The molecular weight excluding hydrogens is 304 g/mol. The van der Waals surface area contributed by atoms with E-state index in [0.29, 0.717) is 0 Å². The third-order valence-corrected chi connectivity index (χ3v) is 5.31. The van der Waals surface area contributed by atoms with Crippen LogP contribution in [0.3, 0.4) is 0 Å². The van der Waals surface area contributed by atoms with E-state index in [-0.39, 0.29) is 0 Å². The van der Waals surface area contributed by atoms with Gasteiger partial charge in [0.05, 0.1) is 19.6 Å². The second-order valence-corrected chi connectivity index (χ2v) is 7.48. The molecule has 0 radical (unpaired) electrons. The van der Waals surface area contributed by atoms with Gasteiger partial charge in [-0.2, -0.15) is 0 Å². The number of anilines is 1. The molecule has 0 bridgehead atoms. The first-order valence-electron chi connectivity index (χ1n) is 9.52. The average molecular weight is 336 g/mol. The van der Waals surface area contributed by atoms with Crippen LogP contribution in [-0.2, 0) is 6.42 Å². The summed E-state index contributed by atoms with van der Waals surface area (Å²) in [6.07, 6.45) is 8.58. The molecule has 1 N–H and O–H groups in total. The van der Waals surface area contributed by atoms with Crippen molar-refractivity contribution >= 4 is 11.8 Å². The normalized spacial score (nSPS) is 20.7. The molecule has 1 aliphatic rings. The first-order chi connectivity index (χ1) is 12.2. The molecular formula is C23H31N2+. The number of rotatable bonds is 6. The summed E-state index contributed by atoms with van der Waals surface area (Å²) in [4.78, 5) is 3.86. The molecule has 2 aromatic carbocycles. The predicted octanol–water partition coefficient (Wildman–Crippen LogP) is 3.30. The van der Waals surface area contributed by atoms with Gasteiger partial charge in [-0.1, -0.05) is 48.5 Å². The number of nitrogens with one attached hydrogen (secondary N) is 1. The minimum atomic E-state index is 0.869. The number of benzene rings is 2. The van der Waals surface area contributed by atoms with E-state index in [2.05, 4.69) is 85.7 Å². The van der Waals surface area contributed by atoms with Crippen molar-refractivity contribution in [2.24, 2.45) is 5.92 Å². The maximum Gasteiger partial charge on any atom is 0.0961 e. The molecule has 0 amide bonds. The quantitative estimate of drug-likeness (QED) is 0.851. The summed E-state index contributed by atoms with van der Waals surface area (Å²) in [7, 11) is 4.16. The number of likely N-dealkylation sites (tertiary alicyclic amines) is 1. The number of piperidine rings is 1. The molecule has 2 nitrogen and oxygen atoms in total. The molecule has 0 spiro atoms. The predicted molar refractivity (Wildman–Crippen MR) is 108 cm³/mol. The Morgan fingerprint density at radius 3 is 2.28 bits per heavy atom. The third-order valence-electron chi connectivity index (χ3n) is 5.31. The summed E-state index contributed by atoms with van der Waals surface area (Å²) in [5.74, 6) is 0.869. The minimum Gasteiger partial charge on any atom is -0.378 e. The Hall–Kier alpha value is -2.06. The molecule has 0 unspecified atom stereocenters. The number of quaternary nitrogens is 1. The van der Waals surface area contributed by atoms with Crippen molar-refractivity contribution in [1.29, 1.82) is 0 Å². The lowest BCUT2D eigenvalue weighted by Crippen LogP contribution is -3.12. The highest BCUT2D eigenvalue weighted by molar-refractivity contribution is 5.55. The average Bonchev–Trinajstić information content (AvgIpc) is 2.64. The zero-order valence-corrected chi connectivity index (χ0v) is 15.6. The van der Waals surface area contributed by atoms with E-state index in [1.807, 2.05) is 0 Å². The van der Waals surface area contributed by atoms with Crippen molar-refractivity contribution in [3.05, 3.63) is 71.8 Å². The van der Waals surface area contributed by atoms with Gasteiger partial charge < -0.3 is 9.80 Å². The molecule has 0 aliphatic carbocycles. The highest BCUT2D eigenvalue weighted by atomic mass is 15.1. The van der Waals surface area contributed by atoms with Gasteiger partial charge in [-0.05, 0) is 54.5 Å². The van der Waals surface area contributed by atoms with Crippen molar-refractivity contribution in [2.45, 2.75) is 19.3 Å². The van der Waals surface area contributed by atoms with Crippen molar-refractivity contribution in [3.63, 3.8) is 0 Å². The second kappa shape index (κ2) is 8.87. The maximum atomic E-state index is 2.34. The van der Waals surface area contributed by atoms with E-state index in [9.17, 15) is 0 Å². The van der Waals surface area contributed by atoms with Crippen molar-refractivity contribution in [1.82, 2.24) is 0 Å². The summed E-state index contributed by atoms with van der Waals surface area (Å²) in [5, 5.41) is 0. The summed E-state index contributed by atoms with van der Waals surface area (Å²) in [5.41, 5.74) is 4.05. The Morgan fingerprint density at radius 2 is 1.64 bits per heavy atom. The molecule has 1 heterocycles. The molecule has 1 saturated heterocycles. The Morgan fingerprint density at radius 1 is 0.960 bits per heavy atom. The van der Waals surface area contributed by atoms with Gasteiger partial charge in [-0.15, -0.1) is 0 Å². The highest BCUT2D eigenvalue weighted by Crippen LogP contribution is 2.16. The molecule has 1 aliphatic heterocycles. The van der Waals surface area contributed by atoms with Gasteiger partial charge >= 0.3 is 0 Å². The topological polar surface area (TPSA) is 7.68 Å². The third kappa shape index (κ3) is 5.47. The fourth-order valence-corrected chi connectivity index (χ4v) is 3.69. The molecule has 3 rings (SSSR count). The van der Waals surface area contributed by atoms with Gasteiger partial charge in [0.25, 0.3) is 0 Å². The van der Waals surface area contributed by atoms with Crippen LogP contribution in [0.2, 0.25) is 0 Å². The van der Waals surface area contributed by atoms with Gasteiger partial charge in [0.1, 0.15) is 0 Å². The van der Waals surface area contributed by atoms with Crippen molar-refractivity contribution in [3.8, 4) is 0 Å². The van der Waals surface area contributed by atoms with Crippen LogP contribution in [0.1, 0.15) is 24.0 Å². The van der Waals surface area contributed by atoms with Gasteiger partial charge in [0.2, 0.25) is 0 Å². The van der Waals surface area contributed by atoms with E-state index in [0.717, 1.165) is 12.5 Å². The van der Waals surface area contributed by atoms with Crippen LogP contribution in [0.5, 0.6) is 0 Å². The van der Waals surface area contributed by atoms with Crippen LogP contribution < -0.4 is 9.80 Å². The van der Waals surface area contributed by atoms with Crippen LogP contribution in [0.15, 0.2) is 60.7 Å². The van der Waals surface area contributed by atoms with E-state index < -0.39 is 0 Å². The standard InChI is InChI=1S/C23H30N2/c1-24(2)23-12-10-20(11-13-23)9-6-16-25-17-14-22(15-18-25)19-21-7-4-3-5-8-21/h3-13,22H,14-19H2,1-2H3/p+1/b9-6+. The van der Waals surface area contributed by atoms with Gasteiger partial charge in [0, 0.05) is 19.8 Å². The lowest BCUT2D eigenvalue weighted by atomic mass is 9.90. The van der Waals surface area contributed by atoms with E-state index in [1.165, 1.54) is 49.2 Å².